The monoisotopic (exact) mass is 580 g/mol. The van der Waals surface area contributed by atoms with Crippen LogP contribution in [0.5, 0.6) is 5.75 Å². The zero-order valence-electron chi connectivity index (χ0n) is 24.0. The van der Waals surface area contributed by atoms with Crippen LogP contribution in [0.25, 0.3) is 11.1 Å². The number of aliphatic hydroxyl groups excluding tert-OH is 1. The SMILES string of the molecule is N#Cc1ccc(CN2CCN3C(=O)c4ccc(-c5ccccc5)cc4OCC[C@@H]4CC[C@H](O)[C@@H](CNC(=O)[C@@H]3C2)O4)cc1. The average Bonchev–Trinajstić information content (AvgIpc) is 3.04. The summed E-state index contributed by atoms with van der Waals surface area (Å²) in [5.41, 5.74) is 3.99. The predicted molar refractivity (Wildman–Crippen MR) is 160 cm³/mol. The van der Waals surface area contributed by atoms with Crippen molar-refractivity contribution in [3.05, 3.63) is 89.5 Å². The highest BCUT2D eigenvalue weighted by molar-refractivity contribution is 6.00. The fraction of sp³-hybridized carbons (Fsp3) is 0.382. The van der Waals surface area contributed by atoms with Gasteiger partial charge in [0.05, 0.1) is 36.0 Å². The summed E-state index contributed by atoms with van der Waals surface area (Å²) in [6.07, 6.45) is 0.593. The Morgan fingerprint density at radius 1 is 0.953 bits per heavy atom. The summed E-state index contributed by atoms with van der Waals surface area (Å²) in [4.78, 5) is 31.7. The minimum Gasteiger partial charge on any atom is -0.493 e. The number of carbonyl (C=O) groups excluding carboxylic acids is 2. The van der Waals surface area contributed by atoms with Gasteiger partial charge in [-0.2, -0.15) is 5.26 Å². The van der Waals surface area contributed by atoms with E-state index < -0.39 is 18.2 Å². The normalized spacial score (nSPS) is 24.9. The first-order valence-corrected chi connectivity index (χ1v) is 14.9. The maximum atomic E-state index is 14.2. The molecule has 9 nitrogen and oxygen atoms in total. The maximum Gasteiger partial charge on any atom is 0.258 e. The molecular weight excluding hydrogens is 544 g/mol. The van der Waals surface area contributed by atoms with Crippen LogP contribution >= 0.6 is 0 Å². The molecule has 0 aliphatic carbocycles. The van der Waals surface area contributed by atoms with Crippen LogP contribution < -0.4 is 10.1 Å². The van der Waals surface area contributed by atoms with Crippen molar-refractivity contribution < 1.29 is 24.2 Å². The largest absolute Gasteiger partial charge is 0.493 e. The molecule has 2 saturated heterocycles. The number of carbonyl (C=O) groups is 2. The molecule has 6 rings (SSSR count). The molecule has 0 unspecified atom stereocenters. The molecule has 3 aliphatic rings. The third-order valence-electron chi connectivity index (χ3n) is 8.59. The number of fused-ring (bicyclic) bond motifs is 4. The van der Waals surface area contributed by atoms with Crippen LogP contribution in [0.2, 0.25) is 0 Å². The number of nitriles is 1. The predicted octanol–water partition coefficient (Wildman–Crippen LogP) is 3.36. The van der Waals surface area contributed by atoms with E-state index in [0.29, 0.717) is 68.9 Å². The highest BCUT2D eigenvalue weighted by Gasteiger charge is 2.38. The summed E-state index contributed by atoms with van der Waals surface area (Å²) in [6, 6.07) is 24.3. The number of nitrogens with one attached hydrogen (secondary N) is 1. The molecule has 222 valence electrons. The van der Waals surface area contributed by atoms with Crippen LogP contribution in [-0.4, -0.2) is 83.9 Å². The number of aliphatic hydroxyl groups is 1. The quantitative estimate of drug-likeness (QED) is 0.488. The number of ether oxygens (including phenoxy) is 2. The molecule has 3 aliphatic heterocycles. The molecule has 2 amide bonds. The number of nitrogens with zero attached hydrogens (tertiary/aromatic N) is 3. The van der Waals surface area contributed by atoms with E-state index in [-0.39, 0.29) is 24.5 Å². The fourth-order valence-electron chi connectivity index (χ4n) is 6.14. The zero-order chi connectivity index (χ0) is 29.8. The second-order valence-electron chi connectivity index (χ2n) is 11.5. The van der Waals surface area contributed by atoms with Gasteiger partial charge in [-0.15, -0.1) is 0 Å². The molecule has 0 radical (unpaired) electrons. The lowest BCUT2D eigenvalue weighted by molar-refractivity contribution is -0.135. The maximum absolute atomic E-state index is 14.2. The van der Waals surface area contributed by atoms with Gasteiger partial charge < -0.3 is 24.8 Å². The number of rotatable bonds is 3. The highest BCUT2D eigenvalue weighted by atomic mass is 16.5. The van der Waals surface area contributed by atoms with E-state index in [1.54, 1.807) is 23.1 Å². The van der Waals surface area contributed by atoms with Crippen LogP contribution in [-0.2, 0) is 16.1 Å². The van der Waals surface area contributed by atoms with Crippen molar-refractivity contribution in [3.8, 4) is 22.9 Å². The van der Waals surface area contributed by atoms with Crippen molar-refractivity contribution in [2.75, 3.05) is 32.8 Å². The third kappa shape index (κ3) is 6.57. The first-order valence-electron chi connectivity index (χ1n) is 14.9. The summed E-state index contributed by atoms with van der Waals surface area (Å²) < 4.78 is 12.5. The summed E-state index contributed by atoms with van der Waals surface area (Å²) >= 11 is 0. The van der Waals surface area contributed by atoms with Gasteiger partial charge in [-0.25, -0.2) is 0 Å². The van der Waals surface area contributed by atoms with Crippen LogP contribution in [0.1, 0.15) is 40.7 Å². The van der Waals surface area contributed by atoms with Gasteiger partial charge in [0.25, 0.3) is 5.91 Å². The Morgan fingerprint density at radius 2 is 1.77 bits per heavy atom. The number of piperazine rings is 1. The first kappa shape index (κ1) is 28.9. The van der Waals surface area contributed by atoms with Gasteiger partial charge in [0.15, 0.2) is 0 Å². The Labute approximate surface area is 251 Å². The summed E-state index contributed by atoms with van der Waals surface area (Å²) in [7, 11) is 0. The molecule has 2 fully saturated rings. The van der Waals surface area contributed by atoms with Gasteiger partial charge in [0, 0.05) is 39.1 Å². The summed E-state index contributed by atoms with van der Waals surface area (Å²) in [5.74, 6) is -0.0486. The zero-order valence-corrected chi connectivity index (χ0v) is 24.0. The Morgan fingerprint density at radius 3 is 2.56 bits per heavy atom. The van der Waals surface area contributed by atoms with E-state index in [4.69, 9.17) is 14.7 Å². The number of hydrogen-bond donors (Lipinski definition) is 2. The molecule has 43 heavy (non-hydrogen) atoms. The summed E-state index contributed by atoms with van der Waals surface area (Å²) in [6.45, 7) is 2.40. The van der Waals surface area contributed by atoms with Gasteiger partial charge in [-0.1, -0.05) is 48.5 Å². The van der Waals surface area contributed by atoms with Gasteiger partial charge in [0.2, 0.25) is 5.91 Å². The number of amides is 2. The van der Waals surface area contributed by atoms with Crippen molar-refractivity contribution in [3.63, 3.8) is 0 Å². The molecule has 0 spiro atoms. The van der Waals surface area contributed by atoms with Crippen molar-refractivity contribution in [1.29, 1.82) is 5.26 Å². The number of benzene rings is 3. The van der Waals surface area contributed by atoms with E-state index in [0.717, 1.165) is 16.7 Å². The molecule has 4 atom stereocenters. The molecule has 3 aromatic carbocycles. The lowest BCUT2D eigenvalue weighted by Crippen LogP contribution is -2.61. The Balaban J connectivity index is 1.31. The van der Waals surface area contributed by atoms with Crippen molar-refractivity contribution >= 4 is 11.8 Å². The van der Waals surface area contributed by atoms with Gasteiger partial charge in [-0.05, 0) is 53.8 Å². The standard InChI is InChI=1S/C34H36N4O5/c35-19-23-6-8-24(9-7-23)21-37-15-16-38-29(22-37)33(40)36-20-32-30(39)13-11-27(43-32)14-17-42-31-18-26(10-12-28(31)34(38)41)25-4-2-1-3-5-25/h1-10,12,18,27,29-30,32,39H,11,13-17,20-22H2,(H,36,40)/t27-,29-,30-,32+/m0/s1. The van der Waals surface area contributed by atoms with Crippen molar-refractivity contribution in [1.82, 2.24) is 15.1 Å². The van der Waals surface area contributed by atoms with E-state index in [1.807, 2.05) is 54.6 Å². The molecule has 3 heterocycles. The van der Waals surface area contributed by atoms with Gasteiger partial charge >= 0.3 is 0 Å². The molecular formula is C34H36N4O5. The molecule has 3 aromatic rings. The van der Waals surface area contributed by atoms with E-state index in [2.05, 4.69) is 16.3 Å². The topological polar surface area (TPSA) is 115 Å². The van der Waals surface area contributed by atoms with E-state index in [9.17, 15) is 14.7 Å². The van der Waals surface area contributed by atoms with Crippen LogP contribution in [0.3, 0.4) is 0 Å². The lowest BCUT2D eigenvalue weighted by atomic mass is 9.98. The van der Waals surface area contributed by atoms with Gasteiger partial charge in [0.1, 0.15) is 17.9 Å². The first-order chi connectivity index (χ1) is 21.0. The van der Waals surface area contributed by atoms with E-state index in [1.165, 1.54) is 0 Å². The Kier molecular flexibility index (Phi) is 8.70. The van der Waals surface area contributed by atoms with Crippen molar-refractivity contribution in [2.45, 2.75) is 50.2 Å². The number of hydrogen-bond acceptors (Lipinski definition) is 7. The second-order valence-corrected chi connectivity index (χ2v) is 11.5. The van der Waals surface area contributed by atoms with Gasteiger partial charge in [-0.3, -0.25) is 14.5 Å². The lowest BCUT2D eigenvalue weighted by Gasteiger charge is -2.41. The van der Waals surface area contributed by atoms with Crippen molar-refractivity contribution in [2.24, 2.45) is 0 Å². The summed E-state index contributed by atoms with van der Waals surface area (Å²) in [5, 5.41) is 22.7. The highest BCUT2D eigenvalue weighted by Crippen LogP contribution is 2.31. The molecule has 0 saturated carbocycles. The minimum absolute atomic E-state index is 0.112. The molecule has 9 heteroatoms. The Bertz CT molecular complexity index is 1490. The third-order valence-corrected chi connectivity index (χ3v) is 8.59. The van der Waals surface area contributed by atoms with Crippen LogP contribution in [0, 0.1) is 11.3 Å². The van der Waals surface area contributed by atoms with Crippen LogP contribution in [0.15, 0.2) is 72.8 Å². The second kappa shape index (κ2) is 13.0. The van der Waals surface area contributed by atoms with E-state index >= 15 is 0 Å². The molecule has 2 N–H and O–H groups in total. The van der Waals surface area contributed by atoms with Crippen LogP contribution in [0.4, 0.5) is 0 Å². The molecule has 2 bridgehead atoms. The fourth-order valence-corrected chi connectivity index (χ4v) is 6.14. The average molecular weight is 581 g/mol. The smallest absolute Gasteiger partial charge is 0.258 e. The molecule has 0 aromatic heterocycles. The Hall–Kier alpha value is -4.23. The minimum atomic E-state index is -0.749.